The molecule has 1 aliphatic rings. The van der Waals surface area contributed by atoms with Crippen molar-refractivity contribution in [1.29, 1.82) is 0 Å². The summed E-state index contributed by atoms with van der Waals surface area (Å²) in [4.78, 5) is 13.5. The van der Waals surface area contributed by atoms with E-state index in [0.29, 0.717) is 19.7 Å². The lowest BCUT2D eigenvalue weighted by molar-refractivity contribution is 0.100. The van der Waals surface area contributed by atoms with Crippen LogP contribution in [0.25, 0.3) is 0 Å². The molecule has 1 heterocycles. The van der Waals surface area contributed by atoms with Gasteiger partial charge in [-0.1, -0.05) is 31.5 Å². The molecule has 0 saturated carbocycles. The van der Waals surface area contributed by atoms with Crippen molar-refractivity contribution in [2.24, 2.45) is 0 Å². The second-order valence-electron chi connectivity index (χ2n) is 4.59. The van der Waals surface area contributed by atoms with E-state index < -0.39 is 0 Å². The summed E-state index contributed by atoms with van der Waals surface area (Å²) in [6.07, 6.45) is 1.68. The van der Waals surface area contributed by atoms with Crippen molar-refractivity contribution < 1.29 is 14.6 Å². The van der Waals surface area contributed by atoms with Crippen LogP contribution in [0.2, 0.25) is 0 Å². The molecule has 0 saturated heterocycles. The first-order chi connectivity index (χ1) is 8.74. The highest BCUT2D eigenvalue weighted by Gasteiger charge is 2.24. The summed E-state index contributed by atoms with van der Waals surface area (Å²) in [5.74, 6) is 0. The molecular weight excluding hydrogens is 230 g/mol. The van der Waals surface area contributed by atoms with Crippen LogP contribution in [0, 0.1) is 0 Å². The Kier molecular flexibility index (Phi) is 4.20. The van der Waals surface area contributed by atoms with Crippen LogP contribution in [0.5, 0.6) is 0 Å². The topological polar surface area (TPSA) is 49.8 Å². The van der Waals surface area contributed by atoms with E-state index in [2.05, 4.69) is 6.92 Å². The average molecular weight is 249 g/mol. The summed E-state index contributed by atoms with van der Waals surface area (Å²) in [6.45, 7) is 3.77. The van der Waals surface area contributed by atoms with Crippen LogP contribution in [0.3, 0.4) is 0 Å². The lowest BCUT2D eigenvalue weighted by Gasteiger charge is -2.14. The molecule has 0 aliphatic carbocycles. The third-order valence-corrected chi connectivity index (χ3v) is 3.16. The smallest absolute Gasteiger partial charge is 0.410 e. The largest absolute Gasteiger partial charge is 0.449 e. The van der Waals surface area contributed by atoms with E-state index in [0.717, 1.165) is 29.5 Å². The summed E-state index contributed by atoms with van der Waals surface area (Å²) in [5, 5.41) is 9.08. The van der Waals surface area contributed by atoms with Gasteiger partial charge in [0.25, 0.3) is 0 Å². The number of hydrogen-bond donors (Lipinski definition) is 1. The first kappa shape index (κ1) is 12.9. The molecule has 1 aliphatic heterocycles. The molecule has 0 unspecified atom stereocenters. The summed E-state index contributed by atoms with van der Waals surface area (Å²) in [5.41, 5.74) is 3.13. The summed E-state index contributed by atoms with van der Waals surface area (Å²) < 4.78 is 5.19. The molecule has 0 bridgehead atoms. The number of aliphatic hydroxyl groups excluding tert-OH is 1. The monoisotopic (exact) mass is 249 g/mol. The fourth-order valence-electron chi connectivity index (χ4n) is 2.07. The molecule has 98 valence electrons. The zero-order chi connectivity index (χ0) is 13.0. The van der Waals surface area contributed by atoms with Crippen molar-refractivity contribution in [3.63, 3.8) is 0 Å². The minimum atomic E-state index is -0.245. The van der Waals surface area contributed by atoms with Crippen LogP contribution in [-0.4, -0.2) is 22.7 Å². The van der Waals surface area contributed by atoms with Crippen molar-refractivity contribution in [3.05, 3.63) is 34.9 Å². The van der Waals surface area contributed by atoms with Crippen LogP contribution in [0.1, 0.15) is 36.5 Å². The van der Waals surface area contributed by atoms with Gasteiger partial charge >= 0.3 is 6.09 Å². The normalized spacial score (nSPS) is 13.6. The van der Waals surface area contributed by atoms with Gasteiger partial charge in [0.05, 0.1) is 13.2 Å². The van der Waals surface area contributed by atoms with Gasteiger partial charge in [-0.25, -0.2) is 4.79 Å². The van der Waals surface area contributed by atoms with Gasteiger partial charge in [0.2, 0.25) is 0 Å². The maximum absolute atomic E-state index is 11.8. The first-order valence-electron chi connectivity index (χ1n) is 6.38. The summed E-state index contributed by atoms with van der Waals surface area (Å²) in [6, 6.07) is 5.82. The van der Waals surface area contributed by atoms with Crippen LogP contribution < -0.4 is 0 Å². The van der Waals surface area contributed by atoms with Crippen LogP contribution in [0.4, 0.5) is 4.79 Å². The lowest BCUT2D eigenvalue weighted by Crippen LogP contribution is -2.26. The third-order valence-electron chi connectivity index (χ3n) is 3.16. The minimum Gasteiger partial charge on any atom is -0.449 e. The Morgan fingerprint density at radius 3 is 2.89 bits per heavy atom. The van der Waals surface area contributed by atoms with Crippen molar-refractivity contribution in [3.8, 4) is 0 Å². The number of amides is 1. The molecular formula is C14H19NO3. The van der Waals surface area contributed by atoms with Gasteiger partial charge in [-0.3, -0.25) is 4.90 Å². The zero-order valence-electron chi connectivity index (χ0n) is 10.7. The number of ether oxygens (including phenoxy) is 1. The van der Waals surface area contributed by atoms with Gasteiger partial charge in [0, 0.05) is 13.1 Å². The molecule has 0 fully saturated rings. The molecule has 1 aromatic carbocycles. The predicted octanol–water partition coefficient (Wildman–Crippen LogP) is 2.43. The van der Waals surface area contributed by atoms with Crippen molar-refractivity contribution in [2.45, 2.75) is 39.5 Å². The molecule has 0 atom stereocenters. The number of fused-ring (bicyclic) bond motifs is 1. The second kappa shape index (κ2) is 5.87. The number of rotatable bonds is 4. The standard InChI is InChI=1S/C14H19NO3/c1-2-3-6-18-14(17)15-8-12-5-4-11(10-16)7-13(12)9-15/h4-5,7,16H,2-3,6,8-10H2,1H3. The Morgan fingerprint density at radius 2 is 2.17 bits per heavy atom. The number of benzene rings is 1. The Hall–Kier alpha value is -1.55. The van der Waals surface area contributed by atoms with Gasteiger partial charge in [-0.2, -0.15) is 0 Å². The molecule has 0 radical (unpaired) electrons. The highest BCUT2D eigenvalue weighted by molar-refractivity contribution is 5.68. The fourth-order valence-corrected chi connectivity index (χ4v) is 2.07. The number of carbonyl (C=O) groups excluding carboxylic acids is 1. The van der Waals surface area contributed by atoms with Crippen LogP contribution in [0.15, 0.2) is 18.2 Å². The van der Waals surface area contributed by atoms with E-state index in [1.165, 1.54) is 0 Å². The zero-order valence-corrected chi connectivity index (χ0v) is 10.7. The molecule has 18 heavy (non-hydrogen) atoms. The molecule has 1 N–H and O–H groups in total. The van der Waals surface area contributed by atoms with E-state index in [4.69, 9.17) is 9.84 Å². The highest BCUT2D eigenvalue weighted by Crippen LogP contribution is 2.24. The Bertz CT molecular complexity index is 431. The average Bonchev–Trinajstić information content (AvgIpc) is 2.81. The molecule has 1 amide bonds. The van der Waals surface area contributed by atoms with Gasteiger partial charge in [-0.05, 0) is 23.1 Å². The summed E-state index contributed by atoms with van der Waals surface area (Å²) in [7, 11) is 0. The number of unbranched alkanes of at least 4 members (excludes halogenated alkanes) is 1. The van der Waals surface area contributed by atoms with E-state index >= 15 is 0 Å². The maximum atomic E-state index is 11.8. The van der Waals surface area contributed by atoms with Crippen LogP contribution in [-0.2, 0) is 24.4 Å². The Labute approximate surface area is 107 Å². The van der Waals surface area contributed by atoms with Gasteiger partial charge in [-0.15, -0.1) is 0 Å². The first-order valence-corrected chi connectivity index (χ1v) is 6.38. The van der Waals surface area contributed by atoms with E-state index in [-0.39, 0.29) is 12.7 Å². The van der Waals surface area contributed by atoms with E-state index in [1.807, 2.05) is 18.2 Å². The minimum absolute atomic E-state index is 0.0359. The molecule has 0 spiro atoms. The molecule has 4 nitrogen and oxygen atoms in total. The molecule has 0 aromatic heterocycles. The van der Waals surface area contributed by atoms with Gasteiger partial charge in [0.15, 0.2) is 0 Å². The van der Waals surface area contributed by atoms with E-state index in [1.54, 1.807) is 4.90 Å². The number of carbonyl (C=O) groups is 1. The number of aliphatic hydroxyl groups is 1. The SMILES string of the molecule is CCCCOC(=O)N1Cc2ccc(CO)cc2C1. The highest BCUT2D eigenvalue weighted by atomic mass is 16.6. The van der Waals surface area contributed by atoms with Gasteiger partial charge in [0.1, 0.15) is 0 Å². The Morgan fingerprint density at radius 1 is 1.39 bits per heavy atom. The number of hydrogen-bond acceptors (Lipinski definition) is 3. The van der Waals surface area contributed by atoms with E-state index in [9.17, 15) is 4.79 Å². The second-order valence-corrected chi connectivity index (χ2v) is 4.59. The molecule has 2 rings (SSSR count). The predicted molar refractivity (Wildman–Crippen MR) is 67.9 cm³/mol. The van der Waals surface area contributed by atoms with Crippen molar-refractivity contribution in [1.82, 2.24) is 4.90 Å². The molecule has 4 heteroatoms. The molecule has 1 aromatic rings. The lowest BCUT2D eigenvalue weighted by atomic mass is 10.1. The van der Waals surface area contributed by atoms with Crippen LogP contribution >= 0.6 is 0 Å². The fraction of sp³-hybridized carbons (Fsp3) is 0.500. The third kappa shape index (κ3) is 2.82. The summed E-state index contributed by atoms with van der Waals surface area (Å²) >= 11 is 0. The maximum Gasteiger partial charge on any atom is 0.410 e. The van der Waals surface area contributed by atoms with Gasteiger partial charge < -0.3 is 9.84 Å². The number of nitrogens with zero attached hydrogens (tertiary/aromatic N) is 1. The Balaban J connectivity index is 1.94. The quantitative estimate of drug-likeness (QED) is 0.834. The van der Waals surface area contributed by atoms with Crippen molar-refractivity contribution in [2.75, 3.05) is 6.61 Å². The van der Waals surface area contributed by atoms with Crippen molar-refractivity contribution >= 4 is 6.09 Å².